The molecule has 0 N–H and O–H groups in total. The molecule has 0 bridgehead atoms. The first-order valence-corrected chi connectivity index (χ1v) is 4.73. The van der Waals surface area contributed by atoms with Gasteiger partial charge in [-0.3, -0.25) is 0 Å². The molecule has 3 radical (unpaired) electrons. The molecule has 0 aromatic rings. The Morgan fingerprint density at radius 2 is 0.667 bits per heavy atom. The Morgan fingerprint density at radius 1 is 0.667 bits per heavy atom. The normalized spacial score (nSPS) is 4.50. The van der Waals surface area contributed by atoms with Crippen molar-refractivity contribution in [1.82, 2.24) is 0 Å². The Bertz CT molecular complexity index is 14.8. The van der Waals surface area contributed by atoms with Crippen molar-refractivity contribution in [3.63, 3.8) is 0 Å². The molecule has 0 aliphatic carbocycles. The molecule has 0 spiro atoms. The van der Waals surface area contributed by atoms with Crippen LogP contribution in [0.2, 0.25) is 0 Å². The molecule has 81 valence electrons. The average Bonchev–Trinajstić information content (AvgIpc) is 1.98. The van der Waals surface area contributed by atoms with Crippen LogP contribution < -0.4 is 0 Å². The maximum absolute atomic E-state index is 2.17. The van der Waals surface area contributed by atoms with Gasteiger partial charge in [0, 0.05) is 9.84 Å². The molecule has 0 unspecified atom stereocenters. The summed E-state index contributed by atoms with van der Waals surface area (Å²) in [6, 6.07) is 0. The van der Waals surface area contributed by atoms with Crippen LogP contribution in [0.25, 0.3) is 0 Å². The van der Waals surface area contributed by atoms with Crippen LogP contribution >= 0.6 is 0 Å². The summed E-state index contributed by atoms with van der Waals surface area (Å²) in [4.78, 5) is 0. The van der Waals surface area contributed by atoms with Crippen LogP contribution in [-0.2, 0) is 0 Å². The lowest BCUT2D eigenvalue weighted by Gasteiger charge is -1.79. The summed E-state index contributed by atoms with van der Waals surface area (Å²) < 4.78 is 0. The van der Waals surface area contributed by atoms with Crippen molar-refractivity contribution < 1.29 is 1.43 Å². The lowest BCUT2D eigenvalue weighted by atomic mass is 10.3. The fourth-order valence-electron chi connectivity index (χ4n) is 0. The lowest BCUT2D eigenvalue weighted by molar-refractivity contribution is 0.737. The van der Waals surface area contributed by atoms with Gasteiger partial charge in [0.2, 0.25) is 0 Å². The van der Waals surface area contributed by atoms with Gasteiger partial charge in [0.1, 0.15) is 0 Å². The van der Waals surface area contributed by atoms with Gasteiger partial charge in [0.15, 0.2) is 0 Å². The summed E-state index contributed by atoms with van der Waals surface area (Å²) in [5.41, 5.74) is 0. The molecule has 0 aliphatic rings. The molecular weight excluding hydrogens is 143 g/mol. The minimum absolute atomic E-state index is 0. The summed E-state index contributed by atoms with van der Waals surface area (Å²) in [7, 11) is 0. The van der Waals surface area contributed by atoms with E-state index in [0.29, 0.717) is 0 Å². The maximum Gasteiger partial charge on any atom is 0 e. The third kappa shape index (κ3) is 196000. The Morgan fingerprint density at radius 3 is 0.667 bits per heavy atom. The molecule has 0 aromatic carbocycles. The Hall–Kier alpha value is 0.0649. The summed E-state index contributed by atoms with van der Waals surface area (Å²) in [5, 5.41) is 0. The summed E-state index contributed by atoms with van der Waals surface area (Å²) in [5.74, 6) is 0.833. The predicted molar refractivity (Wildman–Crippen MR) is 69.2 cm³/mol. The molecular formula is C11H34B. The minimum atomic E-state index is 0. The zero-order chi connectivity index (χ0) is 9.58. The van der Waals surface area contributed by atoms with Crippen LogP contribution in [-0.4, -0.2) is 8.41 Å². The quantitative estimate of drug-likeness (QED) is 0.445. The highest BCUT2D eigenvalue weighted by atomic mass is 13.7. The molecule has 0 atom stereocenters. The van der Waals surface area contributed by atoms with Crippen LogP contribution in [0.3, 0.4) is 0 Å². The second kappa shape index (κ2) is 119. The molecule has 0 rings (SSSR count). The molecule has 0 saturated heterocycles. The smallest absolute Gasteiger partial charge is 0 e. The third-order valence-electron chi connectivity index (χ3n) is 0. The van der Waals surface area contributed by atoms with Gasteiger partial charge in [0.05, 0.1) is 0 Å². The minimum Gasteiger partial charge on any atom is -0.0776 e. The Balaban J connectivity index is -0.00000000727. The van der Waals surface area contributed by atoms with Crippen molar-refractivity contribution in [1.29, 1.82) is 0 Å². The Kier molecular flexibility index (Phi) is 399. The maximum atomic E-state index is 2.17. The molecule has 1 heteroatoms. The average molecular weight is 178 g/mol. The van der Waals surface area contributed by atoms with Crippen LogP contribution in [0.5, 0.6) is 0 Å². The lowest BCUT2D eigenvalue weighted by Crippen LogP contribution is -1.66. The van der Waals surface area contributed by atoms with Crippen molar-refractivity contribution in [3.8, 4) is 0 Å². The summed E-state index contributed by atoms with van der Waals surface area (Å²) in [6.45, 7) is 18.5. The van der Waals surface area contributed by atoms with Crippen LogP contribution in [0.15, 0.2) is 0 Å². The van der Waals surface area contributed by atoms with E-state index in [1.165, 1.54) is 0 Å². The van der Waals surface area contributed by atoms with Crippen molar-refractivity contribution in [2.75, 3.05) is 0 Å². The molecule has 0 heterocycles. The highest BCUT2D eigenvalue weighted by Gasteiger charge is 1.68. The van der Waals surface area contributed by atoms with Gasteiger partial charge >= 0.3 is 0 Å². The van der Waals surface area contributed by atoms with Gasteiger partial charge in [-0.05, 0) is 5.92 Å². The molecule has 0 saturated carbocycles. The standard InChI is InChI=1S/C4H10.3C2H6.CH4.B.H2/c1-4(2)3;3*1-2;;;/h4H,1-3H3;3*1-2H3;1H4;;1H/i;;;;;;1+1. The van der Waals surface area contributed by atoms with Crippen molar-refractivity contribution in [3.05, 3.63) is 0 Å². The zero-order valence-corrected chi connectivity index (χ0v) is 10.2. The monoisotopic (exact) mass is 178 g/mol. The first-order valence-electron chi connectivity index (χ1n) is 4.73. The van der Waals surface area contributed by atoms with Gasteiger partial charge in [-0.2, -0.15) is 0 Å². The SMILES string of the molecule is C.CC.CC.CC.CC(C)C.[2HH].[B]. The van der Waals surface area contributed by atoms with Gasteiger partial charge in [-0.25, -0.2) is 0 Å². The topological polar surface area (TPSA) is 0 Å². The molecule has 12 heavy (non-hydrogen) atoms. The fourth-order valence-corrected chi connectivity index (χ4v) is 0. The number of hydrogen-bond acceptors (Lipinski definition) is 0. The number of rotatable bonds is 0. The van der Waals surface area contributed by atoms with E-state index >= 15 is 0 Å². The van der Waals surface area contributed by atoms with Crippen molar-refractivity contribution in [2.45, 2.75) is 69.7 Å². The molecule has 0 amide bonds. The largest absolute Gasteiger partial charge is 0.0776 e. The highest BCUT2D eigenvalue weighted by molar-refractivity contribution is 5.75. The van der Waals surface area contributed by atoms with Gasteiger partial charge in [-0.15, -0.1) is 0 Å². The third-order valence-corrected chi connectivity index (χ3v) is 0. The fraction of sp³-hybridized carbons (Fsp3) is 1.00. The van der Waals surface area contributed by atoms with Crippen molar-refractivity contribution in [2.24, 2.45) is 5.92 Å². The van der Waals surface area contributed by atoms with E-state index in [4.69, 9.17) is 0 Å². The predicted octanol–water partition coefficient (Wildman–Crippen LogP) is 5.24. The van der Waals surface area contributed by atoms with E-state index in [1.54, 1.807) is 0 Å². The van der Waals surface area contributed by atoms with E-state index in [1.807, 2.05) is 41.5 Å². The molecule has 0 aromatic heterocycles. The van der Waals surface area contributed by atoms with E-state index in [2.05, 4.69) is 20.8 Å². The molecule has 0 aliphatic heterocycles. The highest BCUT2D eigenvalue weighted by Crippen LogP contribution is 1.81. The van der Waals surface area contributed by atoms with E-state index < -0.39 is 0 Å². The van der Waals surface area contributed by atoms with Gasteiger partial charge in [-0.1, -0.05) is 69.7 Å². The zero-order valence-electron chi connectivity index (χ0n) is 10.2. The van der Waals surface area contributed by atoms with E-state index in [9.17, 15) is 0 Å². The van der Waals surface area contributed by atoms with Crippen LogP contribution in [0.4, 0.5) is 0 Å². The second-order valence-corrected chi connectivity index (χ2v) is 1.73. The first-order chi connectivity index (χ1) is 4.73. The van der Waals surface area contributed by atoms with Crippen LogP contribution in [0, 0.1) is 5.92 Å². The summed E-state index contributed by atoms with van der Waals surface area (Å²) in [6.07, 6.45) is 0. The van der Waals surface area contributed by atoms with Crippen molar-refractivity contribution >= 4 is 8.41 Å². The van der Waals surface area contributed by atoms with E-state index in [-0.39, 0.29) is 17.3 Å². The van der Waals surface area contributed by atoms with Gasteiger partial charge < -0.3 is 0 Å². The summed E-state index contributed by atoms with van der Waals surface area (Å²) >= 11 is 0. The first kappa shape index (κ1) is 40.2. The molecule has 0 fully saturated rings. The molecule has 0 nitrogen and oxygen atoms in total. The number of hydrogen-bond donors (Lipinski definition) is 0. The second-order valence-electron chi connectivity index (χ2n) is 1.73. The van der Waals surface area contributed by atoms with Gasteiger partial charge in [0.25, 0.3) is 0 Å². The van der Waals surface area contributed by atoms with E-state index in [0.717, 1.165) is 5.92 Å². The Labute approximate surface area is 86.2 Å². The van der Waals surface area contributed by atoms with Crippen LogP contribution in [0.1, 0.15) is 71.2 Å².